The molecule has 0 bridgehead atoms. The molecule has 2 aromatic carbocycles. The molecule has 10 heteroatoms. The highest BCUT2D eigenvalue weighted by Crippen LogP contribution is 2.32. The minimum atomic E-state index is -1.64. The third-order valence-corrected chi connectivity index (χ3v) is 5.11. The summed E-state index contributed by atoms with van der Waals surface area (Å²) in [6.45, 7) is -0.622. The number of benzene rings is 2. The molecule has 2 heterocycles. The standard InChI is InChI=1S/C21H20O10/c22-7-15-18(26)19(27)20(28)21(31-15)30-11-5-13(24)16-14(6-11)29-8-12(17(16)25)9-1-3-10(23)4-2-9/h1-6,8,15,18-24,26-28H,7H2/t15-,18-,19+,20-,21-/m1/s1. The first-order chi connectivity index (χ1) is 14.8. The van der Waals surface area contributed by atoms with Gasteiger partial charge in [-0.25, -0.2) is 0 Å². The summed E-state index contributed by atoms with van der Waals surface area (Å²) in [4.78, 5) is 12.9. The number of phenols is 2. The van der Waals surface area contributed by atoms with Crippen LogP contribution in [0, 0.1) is 0 Å². The molecule has 0 amide bonds. The molecule has 1 fully saturated rings. The van der Waals surface area contributed by atoms with Crippen molar-refractivity contribution in [3.8, 4) is 28.4 Å². The summed E-state index contributed by atoms with van der Waals surface area (Å²) in [5.74, 6) is -0.465. The third kappa shape index (κ3) is 3.82. The van der Waals surface area contributed by atoms with Gasteiger partial charge in [-0.2, -0.15) is 0 Å². The van der Waals surface area contributed by atoms with Gasteiger partial charge in [0.1, 0.15) is 58.9 Å². The van der Waals surface area contributed by atoms with Gasteiger partial charge in [-0.15, -0.1) is 0 Å². The summed E-state index contributed by atoms with van der Waals surface area (Å²) in [7, 11) is 0. The van der Waals surface area contributed by atoms with Crippen molar-refractivity contribution in [3.05, 3.63) is 52.9 Å². The van der Waals surface area contributed by atoms with Crippen molar-refractivity contribution in [3.63, 3.8) is 0 Å². The van der Waals surface area contributed by atoms with E-state index in [2.05, 4.69) is 0 Å². The molecule has 1 aromatic heterocycles. The van der Waals surface area contributed by atoms with Gasteiger partial charge in [-0.05, 0) is 17.7 Å². The largest absolute Gasteiger partial charge is 0.508 e. The predicted molar refractivity (Wildman–Crippen MR) is 106 cm³/mol. The number of fused-ring (bicyclic) bond motifs is 1. The van der Waals surface area contributed by atoms with Crippen molar-refractivity contribution < 1.29 is 44.5 Å². The van der Waals surface area contributed by atoms with Gasteiger partial charge in [0.2, 0.25) is 11.7 Å². The Bertz CT molecular complexity index is 1140. The van der Waals surface area contributed by atoms with E-state index in [0.29, 0.717) is 5.56 Å². The summed E-state index contributed by atoms with van der Waals surface area (Å²) in [6.07, 6.45) is -6.23. The number of phenolic OH excluding ortho intramolecular Hbond substituents is 2. The Balaban J connectivity index is 1.68. The van der Waals surface area contributed by atoms with Crippen molar-refractivity contribution in [2.24, 2.45) is 0 Å². The molecule has 3 aromatic rings. The topological polar surface area (TPSA) is 170 Å². The van der Waals surface area contributed by atoms with Crippen molar-refractivity contribution in [2.45, 2.75) is 30.7 Å². The van der Waals surface area contributed by atoms with Gasteiger partial charge in [-0.3, -0.25) is 4.79 Å². The second-order valence-corrected chi connectivity index (χ2v) is 7.16. The van der Waals surface area contributed by atoms with Crippen LogP contribution in [-0.2, 0) is 4.74 Å². The predicted octanol–water partition coefficient (Wildman–Crippen LogP) is 0.0499. The van der Waals surface area contributed by atoms with E-state index in [0.717, 1.165) is 6.07 Å². The normalized spacial score (nSPS) is 26.1. The van der Waals surface area contributed by atoms with Crippen molar-refractivity contribution in [1.82, 2.24) is 0 Å². The fourth-order valence-electron chi connectivity index (χ4n) is 3.41. The average molecular weight is 432 g/mol. The van der Waals surface area contributed by atoms with E-state index in [1.807, 2.05) is 0 Å². The van der Waals surface area contributed by atoms with E-state index in [1.165, 1.54) is 36.6 Å². The first kappa shape index (κ1) is 21.1. The van der Waals surface area contributed by atoms with E-state index >= 15 is 0 Å². The Kier molecular flexibility index (Phi) is 5.56. The smallest absolute Gasteiger partial charge is 0.229 e. The Morgan fingerprint density at radius 2 is 1.68 bits per heavy atom. The highest BCUT2D eigenvalue weighted by atomic mass is 16.7. The molecule has 1 aliphatic heterocycles. The Hall–Kier alpha value is -3.15. The number of rotatable bonds is 4. The molecular weight excluding hydrogens is 412 g/mol. The maximum atomic E-state index is 12.9. The Morgan fingerprint density at radius 1 is 0.968 bits per heavy atom. The number of hydrogen-bond donors (Lipinski definition) is 6. The maximum Gasteiger partial charge on any atom is 0.229 e. The van der Waals surface area contributed by atoms with Gasteiger partial charge in [0, 0.05) is 12.1 Å². The minimum absolute atomic E-state index is 0.00730. The Morgan fingerprint density at radius 3 is 2.35 bits per heavy atom. The summed E-state index contributed by atoms with van der Waals surface area (Å²) >= 11 is 0. The number of aliphatic hydroxyl groups excluding tert-OH is 4. The van der Waals surface area contributed by atoms with Gasteiger partial charge in [-0.1, -0.05) is 12.1 Å². The summed E-state index contributed by atoms with van der Waals surface area (Å²) in [5.41, 5.74) is 0.135. The number of aliphatic hydroxyl groups is 4. The molecule has 4 rings (SSSR count). The lowest BCUT2D eigenvalue weighted by atomic mass is 9.99. The lowest BCUT2D eigenvalue weighted by molar-refractivity contribution is -0.277. The highest BCUT2D eigenvalue weighted by molar-refractivity contribution is 5.88. The maximum absolute atomic E-state index is 12.9. The molecule has 31 heavy (non-hydrogen) atoms. The molecule has 10 nitrogen and oxygen atoms in total. The number of hydrogen-bond acceptors (Lipinski definition) is 10. The molecule has 5 atom stereocenters. The second kappa shape index (κ2) is 8.17. The molecule has 0 unspecified atom stereocenters. The first-order valence-corrected chi connectivity index (χ1v) is 9.35. The third-order valence-electron chi connectivity index (χ3n) is 5.11. The zero-order valence-corrected chi connectivity index (χ0v) is 16.0. The van der Waals surface area contributed by atoms with Crippen LogP contribution in [-0.4, -0.2) is 68.0 Å². The van der Waals surface area contributed by atoms with E-state index in [9.17, 15) is 35.4 Å². The molecular formula is C21H20O10. The van der Waals surface area contributed by atoms with Gasteiger partial charge in [0.25, 0.3) is 0 Å². The fourth-order valence-corrected chi connectivity index (χ4v) is 3.41. The zero-order chi connectivity index (χ0) is 22.3. The van der Waals surface area contributed by atoms with Gasteiger partial charge in [0.05, 0.1) is 12.2 Å². The van der Waals surface area contributed by atoms with Crippen LogP contribution in [0.3, 0.4) is 0 Å². The molecule has 1 saturated heterocycles. The lowest BCUT2D eigenvalue weighted by Gasteiger charge is -2.39. The van der Waals surface area contributed by atoms with Crippen LogP contribution in [0.2, 0.25) is 0 Å². The van der Waals surface area contributed by atoms with Crippen LogP contribution >= 0.6 is 0 Å². The van der Waals surface area contributed by atoms with Crippen molar-refractivity contribution in [2.75, 3.05) is 6.61 Å². The Labute approximate surface area is 174 Å². The van der Waals surface area contributed by atoms with Crippen LogP contribution in [0.1, 0.15) is 0 Å². The van der Waals surface area contributed by atoms with Gasteiger partial charge >= 0.3 is 0 Å². The van der Waals surface area contributed by atoms with Crippen molar-refractivity contribution >= 4 is 11.0 Å². The summed E-state index contributed by atoms with van der Waals surface area (Å²) < 4.78 is 16.2. The number of aromatic hydroxyl groups is 2. The van der Waals surface area contributed by atoms with Crippen LogP contribution in [0.5, 0.6) is 17.2 Å². The van der Waals surface area contributed by atoms with Gasteiger partial charge < -0.3 is 44.5 Å². The van der Waals surface area contributed by atoms with E-state index in [-0.39, 0.29) is 28.0 Å². The summed E-state index contributed by atoms with van der Waals surface area (Å²) in [6, 6.07) is 8.29. The molecule has 0 radical (unpaired) electrons. The highest BCUT2D eigenvalue weighted by Gasteiger charge is 2.44. The fraction of sp³-hybridized carbons (Fsp3) is 0.286. The average Bonchev–Trinajstić information content (AvgIpc) is 2.75. The zero-order valence-electron chi connectivity index (χ0n) is 16.0. The van der Waals surface area contributed by atoms with E-state index < -0.39 is 48.5 Å². The van der Waals surface area contributed by atoms with E-state index in [4.69, 9.17) is 13.9 Å². The molecule has 0 spiro atoms. The van der Waals surface area contributed by atoms with E-state index in [1.54, 1.807) is 0 Å². The first-order valence-electron chi connectivity index (χ1n) is 9.35. The van der Waals surface area contributed by atoms with Crippen molar-refractivity contribution in [1.29, 1.82) is 0 Å². The molecule has 0 saturated carbocycles. The molecule has 6 N–H and O–H groups in total. The van der Waals surface area contributed by atoms with Gasteiger partial charge in [0.15, 0.2) is 0 Å². The summed E-state index contributed by atoms with van der Waals surface area (Å²) in [5, 5.41) is 58.8. The van der Waals surface area contributed by atoms with Crippen LogP contribution < -0.4 is 10.2 Å². The molecule has 0 aliphatic carbocycles. The van der Waals surface area contributed by atoms with Crippen LogP contribution in [0.4, 0.5) is 0 Å². The monoisotopic (exact) mass is 432 g/mol. The molecule has 164 valence electrons. The lowest BCUT2D eigenvalue weighted by Crippen LogP contribution is -2.60. The van der Waals surface area contributed by atoms with Crippen LogP contribution in [0.25, 0.3) is 22.1 Å². The second-order valence-electron chi connectivity index (χ2n) is 7.16. The molecule has 1 aliphatic rings. The SMILES string of the molecule is O=c1c(-c2ccc(O)cc2)coc2cc(O[C@@H]3O[C@H](CO)[C@@H](O)[C@H](O)[C@H]3O)cc(O)c12. The number of ether oxygens (including phenoxy) is 2. The van der Waals surface area contributed by atoms with Crippen LogP contribution in [0.15, 0.2) is 51.9 Å². The quantitative estimate of drug-likeness (QED) is 0.331. The minimum Gasteiger partial charge on any atom is -0.508 e.